The third-order valence-electron chi connectivity index (χ3n) is 4.10. The Kier molecular flexibility index (Phi) is 4.44. The van der Waals surface area contributed by atoms with Crippen LogP contribution < -0.4 is 15.0 Å². The third kappa shape index (κ3) is 2.99. The Morgan fingerprint density at radius 1 is 1.15 bits per heavy atom. The average molecular weight is 383 g/mol. The fourth-order valence-electron chi connectivity index (χ4n) is 2.83. The molecular formula is C18H17N5O3S. The molecule has 9 heteroatoms. The number of ether oxygens (including phenoxy) is 2. The van der Waals surface area contributed by atoms with Crippen LogP contribution in [-0.4, -0.2) is 44.1 Å². The van der Waals surface area contributed by atoms with Crippen molar-refractivity contribution in [1.82, 2.24) is 24.1 Å². The van der Waals surface area contributed by atoms with Crippen LogP contribution in [-0.2, 0) is 0 Å². The third-order valence-corrected chi connectivity index (χ3v) is 4.82. The first-order chi connectivity index (χ1) is 13.1. The molecule has 0 atom stereocenters. The Bertz CT molecular complexity index is 1180. The summed E-state index contributed by atoms with van der Waals surface area (Å²) in [6.07, 6.45) is 3.24. The van der Waals surface area contributed by atoms with Crippen LogP contribution in [0.25, 0.3) is 22.4 Å². The molecule has 0 saturated heterocycles. The van der Waals surface area contributed by atoms with Gasteiger partial charge in [0.2, 0.25) is 5.16 Å². The molecule has 27 heavy (non-hydrogen) atoms. The summed E-state index contributed by atoms with van der Waals surface area (Å²) in [6.45, 7) is 2.03. The number of benzene rings is 1. The van der Waals surface area contributed by atoms with Gasteiger partial charge >= 0.3 is 0 Å². The Balaban J connectivity index is 1.93. The molecule has 4 aromatic rings. The monoisotopic (exact) mass is 383 g/mol. The molecule has 0 bridgehead atoms. The maximum Gasteiger partial charge on any atom is 0.266 e. The van der Waals surface area contributed by atoms with Gasteiger partial charge in [-0.05, 0) is 11.8 Å². The number of rotatable bonds is 5. The van der Waals surface area contributed by atoms with Crippen molar-refractivity contribution in [3.05, 3.63) is 47.0 Å². The molecule has 8 nitrogen and oxygen atoms in total. The van der Waals surface area contributed by atoms with Crippen LogP contribution in [0, 0.1) is 0 Å². The summed E-state index contributed by atoms with van der Waals surface area (Å²) < 4.78 is 13.7. The first-order valence-electron chi connectivity index (χ1n) is 8.28. The minimum Gasteiger partial charge on any atom is -0.497 e. The van der Waals surface area contributed by atoms with Crippen molar-refractivity contribution in [3.63, 3.8) is 0 Å². The van der Waals surface area contributed by atoms with Crippen molar-refractivity contribution in [3.8, 4) is 17.2 Å². The van der Waals surface area contributed by atoms with Crippen LogP contribution in [0.2, 0.25) is 0 Å². The zero-order chi connectivity index (χ0) is 19.0. The Hall–Kier alpha value is -3.07. The second kappa shape index (κ2) is 6.92. The number of hydrogen-bond acceptors (Lipinski definition) is 7. The SMILES string of the molecule is CCSc1nc2ncc3c(=O)n(-c4cc(OC)cc(OC)c4)ccc3n2n1. The molecule has 0 spiro atoms. The van der Waals surface area contributed by atoms with Crippen molar-refractivity contribution in [2.24, 2.45) is 0 Å². The number of methoxy groups -OCH3 is 2. The summed E-state index contributed by atoms with van der Waals surface area (Å²) in [5, 5.41) is 5.53. The molecule has 0 amide bonds. The van der Waals surface area contributed by atoms with Crippen LogP contribution in [0.1, 0.15) is 6.92 Å². The Labute approximate surface area is 158 Å². The highest BCUT2D eigenvalue weighted by Gasteiger charge is 2.13. The van der Waals surface area contributed by atoms with Crippen LogP contribution in [0.4, 0.5) is 0 Å². The van der Waals surface area contributed by atoms with E-state index in [1.54, 1.807) is 43.1 Å². The smallest absolute Gasteiger partial charge is 0.266 e. The van der Waals surface area contributed by atoms with Crippen molar-refractivity contribution in [2.75, 3.05) is 20.0 Å². The predicted molar refractivity (Wildman–Crippen MR) is 103 cm³/mol. The standard InChI is InChI=1S/C18H17N5O3S/c1-4-27-18-20-17-19-10-14-15(23(17)21-18)5-6-22(16(14)24)11-7-12(25-2)9-13(8-11)26-3/h5-10H,4H2,1-3H3. The molecule has 0 radical (unpaired) electrons. The van der Waals surface area contributed by atoms with E-state index >= 15 is 0 Å². The van der Waals surface area contributed by atoms with Gasteiger partial charge in [-0.15, -0.1) is 5.10 Å². The molecule has 0 aliphatic carbocycles. The quantitative estimate of drug-likeness (QED) is 0.490. The molecule has 0 aliphatic heterocycles. The van der Waals surface area contributed by atoms with Crippen molar-refractivity contribution < 1.29 is 9.47 Å². The predicted octanol–water partition coefficient (Wildman–Crippen LogP) is 2.56. The summed E-state index contributed by atoms with van der Waals surface area (Å²) in [7, 11) is 3.14. The maximum absolute atomic E-state index is 13.1. The molecule has 1 aromatic carbocycles. The first kappa shape index (κ1) is 17.3. The van der Waals surface area contributed by atoms with E-state index in [-0.39, 0.29) is 5.56 Å². The largest absolute Gasteiger partial charge is 0.497 e. The summed E-state index contributed by atoms with van der Waals surface area (Å²) in [6, 6.07) is 7.12. The highest BCUT2D eigenvalue weighted by Crippen LogP contribution is 2.25. The lowest BCUT2D eigenvalue weighted by Crippen LogP contribution is -2.19. The summed E-state index contributed by atoms with van der Waals surface area (Å²) in [5.74, 6) is 2.53. The number of nitrogens with zero attached hydrogens (tertiary/aromatic N) is 5. The van der Waals surface area contributed by atoms with Crippen molar-refractivity contribution in [1.29, 1.82) is 0 Å². The molecule has 0 saturated carbocycles. The van der Waals surface area contributed by atoms with Gasteiger partial charge < -0.3 is 9.47 Å². The van der Waals surface area contributed by atoms with Gasteiger partial charge in [0, 0.05) is 30.6 Å². The van der Waals surface area contributed by atoms with Gasteiger partial charge in [0.1, 0.15) is 11.5 Å². The van der Waals surface area contributed by atoms with E-state index in [4.69, 9.17) is 9.47 Å². The van der Waals surface area contributed by atoms with Gasteiger partial charge in [0.05, 0.1) is 30.8 Å². The van der Waals surface area contributed by atoms with E-state index in [1.165, 1.54) is 22.5 Å². The molecule has 0 fully saturated rings. The molecule has 0 aliphatic rings. The minimum atomic E-state index is -0.211. The number of aromatic nitrogens is 5. The Morgan fingerprint density at radius 2 is 1.89 bits per heavy atom. The van der Waals surface area contributed by atoms with Crippen LogP contribution in [0.5, 0.6) is 11.5 Å². The molecule has 3 aromatic heterocycles. The minimum absolute atomic E-state index is 0.211. The number of thioether (sulfide) groups is 1. The van der Waals surface area contributed by atoms with Crippen molar-refractivity contribution in [2.45, 2.75) is 12.1 Å². The van der Waals surface area contributed by atoms with Gasteiger partial charge in [-0.3, -0.25) is 9.36 Å². The molecule has 0 N–H and O–H groups in total. The molecule has 138 valence electrons. The zero-order valence-corrected chi connectivity index (χ0v) is 15.9. The van der Waals surface area contributed by atoms with E-state index in [0.717, 1.165) is 5.75 Å². The molecule has 4 rings (SSSR count). The normalized spacial score (nSPS) is 11.2. The summed E-state index contributed by atoms with van der Waals surface area (Å²) in [5.41, 5.74) is 1.09. The van der Waals surface area contributed by atoms with Crippen LogP contribution >= 0.6 is 11.8 Å². The fraction of sp³-hybridized carbons (Fsp3) is 0.222. The first-order valence-corrected chi connectivity index (χ1v) is 9.26. The lowest BCUT2D eigenvalue weighted by atomic mass is 10.2. The lowest BCUT2D eigenvalue weighted by molar-refractivity contribution is 0.394. The van der Waals surface area contributed by atoms with Gasteiger partial charge in [0.25, 0.3) is 11.3 Å². The molecule has 3 heterocycles. The van der Waals surface area contributed by atoms with Crippen LogP contribution in [0.3, 0.4) is 0 Å². The van der Waals surface area contributed by atoms with Gasteiger partial charge in [-0.1, -0.05) is 18.7 Å². The van der Waals surface area contributed by atoms with Gasteiger partial charge in [-0.25, -0.2) is 4.98 Å². The Morgan fingerprint density at radius 3 is 2.56 bits per heavy atom. The second-order valence-corrected chi connectivity index (χ2v) is 6.89. The lowest BCUT2D eigenvalue weighted by Gasteiger charge is -2.11. The van der Waals surface area contributed by atoms with E-state index < -0.39 is 0 Å². The van der Waals surface area contributed by atoms with E-state index in [9.17, 15) is 4.79 Å². The summed E-state index contributed by atoms with van der Waals surface area (Å²) in [4.78, 5) is 21.7. The highest BCUT2D eigenvalue weighted by atomic mass is 32.2. The summed E-state index contributed by atoms with van der Waals surface area (Å²) >= 11 is 1.53. The average Bonchev–Trinajstić information content (AvgIpc) is 3.11. The molecule has 0 unspecified atom stereocenters. The molecular weight excluding hydrogens is 366 g/mol. The second-order valence-electron chi connectivity index (χ2n) is 5.66. The van der Waals surface area contributed by atoms with Gasteiger partial charge in [-0.2, -0.15) is 9.50 Å². The fourth-order valence-corrected chi connectivity index (χ4v) is 3.37. The zero-order valence-electron chi connectivity index (χ0n) is 15.0. The number of fused-ring (bicyclic) bond motifs is 3. The number of pyridine rings is 1. The van der Waals surface area contributed by atoms with E-state index in [0.29, 0.717) is 39.0 Å². The maximum atomic E-state index is 13.1. The van der Waals surface area contributed by atoms with Crippen LogP contribution in [0.15, 0.2) is 46.6 Å². The number of hydrogen-bond donors (Lipinski definition) is 0. The topological polar surface area (TPSA) is 83.5 Å². The van der Waals surface area contributed by atoms with Crippen molar-refractivity contribution >= 4 is 28.4 Å². The van der Waals surface area contributed by atoms with E-state index in [2.05, 4.69) is 15.1 Å². The van der Waals surface area contributed by atoms with Gasteiger partial charge in [0.15, 0.2) is 0 Å². The van der Waals surface area contributed by atoms with E-state index in [1.807, 2.05) is 13.0 Å². The highest BCUT2D eigenvalue weighted by molar-refractivity contribution is 7.99.